The summed E-state index contributed by atoms with van der Waals surface area (Å²) in [6, 6.07) is 7.50. The van der Waals surface area contributed by atoms with E-state index < -0.39 is 0 Å². The van der Waals surface area contributed by atoms with Gasteiger partial charge in [-0.25, -0.2) is 0 Å². The number of aryl methyl sites for hydroxylation is 1. The summed E-state index contributed by atoms with van der Waals surface area (Å²) in [6.07, 6.45) is 1.35. The Balaban J connectivity index is 0.00000137. The van der Waals surface area contributed by atoms with E-state index in [1.165, 1.54) is 5.56 Å². The number of rotatable bonds is 5. The van der Waals surface area contributed by atoms with Gasteiger partial charge in [-0.3, -0.25) is 4.79 Å². The topological polar surface area (TPSA) is 49.3 Å². The number of hydrogen-bond acceptors (Lipinski definition) is 2. The Kier molecular flexibility index (Phi) is 8.37. The van der Waals surface area contributed by atoms with Crippen molar-refractivity contribution in [2.75, 3.05) is 6.54 Å². The predicted octanol–water partition coefficient (Wildman–Crippen LogP) is 3.47. The highest BCUT2D eigenvalue weighted by molar-refractivity contribution is 5.94. The first-order valence-corrected chi connectivity index (χ1v) is 6.37. The van der Waals surface area contributed by atoms with Gasteiger partial charge in [0.15, 0.2) is 0 Å². The van der Waals surface area contributed by atoms with Crippen LogP contribution in [0.15, 0.2) is 36.6 Å². The molecule has 18 heavy (non-hydrogen) atoms. The van der Waals surface area contributed by atoms with E-state index in [2.05, 4.69) is 18.8 Å². The number of aliphatic hydroxyl groups excluding tert-OH is 1. The van der Waals surface area contributed by atoms with Crippen LogP contribution in [0.1, 0.15) is 43.1 Å². The van der Waals surface area contributed by atoms with Crippen molar-refractivity contribution < 1.29 is 9.90 Å². The summed E-state index contributed by atoms with van der Waals surface area (Å²) >= 11 is 0. The molecular formula is C15H23NO2. The molecule has 0 aliphatic heterocycles. The number of amides is 1. The Bertz CT molecular complexity index is 369. The molecule has 0 saturated heterocycles. The van der Waals surface area contributed by atoms with Gasteiger partial charge >= 0.3 is 0 Å². The van der Waals surface area contributed by atoms with E-state index in [1.807, 2.05) is 38.1 Å². The molecule has 0 aromatic heterocycles. The van der Waals surface area contributed by atoms with Crippen LogP contribution in [-0.4, -0.2) is 17.6 Å². The van der Waals surface area contributed by atoms with Crippen LogP contribution in [0, 0.1) is 0 Å². The Labute approximate surface area is 110 Å². The number of nitrogens with one attached hydrogen (secondary N) is 1. The molecule has 0 bridgehead atoms. The zero-order chi connectivity index (χ0) is 14.0. The lowest BCUT2D eigenvalue weighted by Crippen LogP contribution is -2.24. The molecule has 0 aliphatic carbocycles. The number of carbonyl (C=O) groups excluding carboxylic acids is 1. The van der Waals surface area contributed by atoms with Gasteiger partial charge in [-0.15, -0.1) is 0 Å². The Morgan fingerprint density at radius 2 is 1.83 bits per heavy atom. The standard InChI is InChI=1S/C13H17NO2.C2H6/c1-3-11-4-6-12(7-5-11)13(16)14-9-8-10(2)15;1-2/h4-7,15H,2-3,8-9H2,1H3,(H,14,16);1-2H3. The molecule has 0 unspecified atom stereocenters. The van der Waals surface area contributed by atoms with Gasteiger partial charge in [0.2, 0.25) is 0 Å². The van der Waals surface area contributed by atoms with Gasteiger partial charge in [-0.2, -0.15) is 0 Å². The maximum absolute atomic E-state index is 11.6. The average molecular weight is 249 g/mol. The highest BCUT2D eigenvalue weighted by Crippen LogP contribution is 2.04. The van der Waals surface area contributed by atoms with Crippen molar-refractivity contribution in [3.8, 4) is 0 Å². The highest BCUT2D eigenvalue weighted by atomic mass is 16.3. The van der Waals surface area contributed by atoms with Crippen LogP contribution in [0.3, 0.4) is 0 Å². The molecule has 3 heteroatoms. The van der Waals surface area contributed by atoms with Crippen LogP contribution in [0.25, 0.3) is 0 Å². The first-order valence-electron chi connectivity index (χ1n) is 6.37. The minimum atomic E-state index is -0.121. The Morgan fingerprint density at radius 3 is 2.28 bits per heavy atom. The van der Waals surface area contributed by atoms with E-state index in [9.17, 15) is 4.79 Å². The minimum absolute atomic E-state index is 0.0848. The van der Waals surface area contributed by atoms with Crippen molar-refractivity contribution in [3.05, 3.63) is 47.7 Å². The number of carbonyl (C=O) groups is 1. The zero-order valence-corrected chi connectivity index (χ0v) is 11.5. The molecule has 0 fully saturated rings. The van der Waals surface area contributed by atoms with E-state index in [0.717, 1.165) is 6.42 Å². The molecule has 100 valence electrons. The molecule has 1 aromatic rings. The number of hydrogen-bond donors (Lipinski definition) is 2. The molecule has 3 nitrogen and oxygen atoms in total. The monoisotopic (exact) mass is 249 g/mol. The van der Waals surface area contributed by atoms with E-state index in [4.69, 9.17) is 5.11 Å². The lowest BCUT2D eigenvalue weighted by Gasteiger charge is -2.05. The summed E-state index contributed by atoms with van der Waals surface area (Å²) in [5.41, 5.74) is 1.85. The molecule has 0 atom stereocenters. The van der Waals surface area contributed by atoms with Crippen molar-refractivity contribution in [2.45, 2.75) is 33.6 Å². The second-order valence-corrected chi connectivity index (χ2v) is 3.62. The predicted molar refractivity (Wildman–Crippen MR) is 75.9 cm³/mol. The quantitative estimate of drug-likeness (QED) is 0.785. The van der Waals surface area contributed by atoms with Crippen molar-refractivity contribution in [2.24, 2.45) is 0 Å². The lowest BCUT2D eigenvalue weighted by molar-refractivity contribution is 0.0953. The molecule has 0 spiro atoms. The molecule has 2 N–H and O–H groups in total. The van der Waals surface area contributed by atoms with E-state index in [0.29, 0.717) is 18.5 Å². The van der Waals surface area contributed by atoms with Crippen molar-refractivity contribution in [1.82, 2.24) is 5.32 Å². The Morgan fingerprint density at radius 1 is 1.28 bits per heavy atom. The maximum atomic E-state index is 11.6. The highest BCUT2D eigenvalue weighted by Gasteiger charge is 2.04. The van der Waals surface area contributed by atoms with Crippen LogP contribution >= 0.6 is 0 Å². The third-order valence-corrected chi connectivity index (χ3v) is 2.32. The first kappa shape index (κ1) is 16.2. The van der Waals surface area contributed by atoms with Gasteiger partial charge in [0, 0.05) is 18.5 Å². The van der Waals surface area contributed by atoms with Crippen LogP contribution in [0.5, 0.6) is 0 Å². The molecular weight excluding hydrogens is 226 g/mol. The molecule has 0 heterocycles. The van der Waals surface area contributed by atoms with Crippen LogP contribution < -0.4 is 5.32 Å². The summed E-state index contributed by atoms with van der Waals surface area (Å²) in [7, 11) is 0. The average Bonchev–Trinajstić information content (AvgIpc) is 2.40. The summed E-state index contributed by atoms with van der Waals surface area (Å²) in [4.78, 5) is 11.6. The molecule has 1 aromatic carbocycles. The second-order valence-electron chi connectivity index (χ2n) is 3.62. The van der Waals surface area contributed by atoms with Crippen LogP contribution in [0.2, 0.25) is 0 Å². The summed E-state index contributed by atoms with van der Waals surface area (Å²) in [5, 5.41) is 11.6. The van der Waals surface area contributed by atoms with Crippen molar-refractivity contribution in [3.63, 3.8) is 0 Å². The van der Waals surface area contributed by atoms with E-state index in [1.54, 1.807) is 0 Å². The maximum Gasteiger partial charge on any atom is 0.251 e. The molecule has 1 amide bonds. The van der Waals surface area contributed by atoms with Gasteiger partial charge in [0.25, 0.3) is 5.91 Å². The normalized spacial score (nSPS) is 9.06. The molecule has 0 aliphatic rings. The smallest absolute Gasteiger partial charge is 0.251 e. The molecule has 0 radical (unpaired) electrons. The molecule has 1 rings (SSSR count). The third kappa shape index (κ3) is 6.09. The van der Waals surface area contributed by atoms with Gasteiger partial charge in [-0.1, -0.05) is 39.5 Å². The van der Waals surface area contributed by atoms with Crippen molar-refractivity contribution >= 4 is 5.91 Å². The van der Waals surface area contributed by atoms with Gasteiger partial charge in [0.05, 0.1) is 5.76 Å². The second kappa shape index (κ2) is 9.28. The first-order chi connectivity index (χ1) is 8.63. The number of aliphatic hydroxyl groups is 1. The molecule has 0 saturated carbocycles. The number of benzene rings is 1. The fourth-order valence-corrected chi connectivity index (χ4v) is 1.31. The van der Waals surface area contributed by atoms with Gasteiger partial charge in [-0.05, 0) is 24.1 Å². The lowest BCUT2D eigenvalue weighted by atomic mass is 10.1. The SMILES string of the molecule is C=C(O)CCNC(=O)c1ccc(CC)cc1.CC. The van der Waals surface area contributed by atoms with E-state index in [-0.39, 0.29) is 11.7 Å². The summed E-state index contributed by atoms with van der Waals surface area (Å²) < 4.78 is 0. The van der Waals surface area contributed by atoms with Crippen LogP contribution in [0.4, 0.5) is 0 Å². The fourth-order valence-electron chi connectivity index (χ4n) is 1.31. The van der Waals surface area contributed by atoms with Gasteiger partial charge in [0.1, 0.15) is 0 Å². The largest absolute Gasteiger partial charge is 0.513 e. The Hall–Kier alpha value is -1.77. The fraction of sp³-hybridized carbons (Fsp3) is 0.400. The minimum Gasteiger partial charge on any atom is -0.513 e. The third-order valence-electron chi connectivity index (χ3n) is 2.32. The summed E-state index contributed by atoms with van der Waals surface area (Å²) in [5.74, 6) is -0.0365. The van der Waals surface area contributed by atoms with E-state index >= 15 is 0 Å². The van der Waals surface area contributed by atoms with Gasteiger partial charge < -0.3 is 10.4 Å². The van der Waals surface area contributed by atoms with Crippen LogP contribution in [-0.2, 0) is 6.42 Å². The summed E-state index contributed by atoms with van der Waals surface area (Å²) in [6.45, 7) is 9.83. The zero-order valence-electron chi connectivity index (χ0n) is 11.5. The van der Waals surface area contributed by atoms with Crippen molar-refractivity contribution in [1.29, 1.82) is 0 Å².